The first-order chi connectivity index (χ1) is 7.11. The number of benzene rings is 1. The van der Waals surface area contributed by atoms with Crippen molar-refractivity contribution in [1.29, 1.82) is 0 Å². The predicted molar refractivity (Wildman–Crippen MR) is 57.0 cm³/mol. The molecule has 0 fully saturated rings. The van der Waals surface area contributed by atoms with E-state index < -0.39 is 12.1 Å². The smallest absolute Gasteiger partial charge is 0.399 e. The number of rotatable bonds is 3. The lowest BCUT2D eigenvalue weighted by atomic mass is 10.2. The van der Waals surface area contributed by atoms with Crippen LogP contribution in [0.1, 0.15) is 19.4 Å². The predicted octanol–water partition coefficient (Wildman–Crippen LogP) is 2.53. The van der Waals surface area contributed by atoms with Crippen LogP contribution in [0.25, 0.3) is 0 Å². The van der Waals surface area contributed by atoms with Crippen molar-refractivity contribution in [2.75, 3.05) is 0 Å². The zero-order valence-corrected chi connectivity index (χ0v) is 8.84. The minimum absolute atomic E-state index is 0.130. The quantitative estimate of drug-likeness (QED) is 0.717. The molecule has 0 atom stereocenters. The van der Waals surface area contributed by atoms with E-state index in [2.05, 4.69) is 0 Å². The molecule has 0 aromatic heterocycles. The molecule has 0 N–H and O–H groups in total. The van der Waals surface area contributed by atoms with Gasteiger partial charge in [0.25, 0.3) is 0 Å². The van der Waals surface area contributed by atoms with Gasteiger partial charge in [0.15, 0.2) is 0 Å². The van der Waals surface area contributed by atoms with Crippen molar-refractivity contribution in [3.8, 4) is 0 Å². The van der Waals surface area contributed by atoms with E-state index in [0.717, 1.165) is 5.56 Å². The summed E-state index contributed by atoms with van der Waals surface area (Å²) in [5.74, 6) is 0. The van der Waals surface area contributed by atoms with Gasteiger partial charge in [0.05, 0.1) is 0 Å². The lowest BCUT2D eigenvalue weighted by Gasteiger charge is -2.31. The fourth-order valence-electron chi connectivity index (χ4n) is 0.994. The second kappa shape index (κ2) is 5.36. The number of ether oxygens (including phenoxy) is 1. The number of nitrogens with zero attached hydrogens (tertiary/aromatic N) is 1. The maximum Gasteiger partial charge on any atom is 0.399 e. The van der Waals surface area contributed by atoms with E-state index in [9.17, 15) is 10.0 Å². The molecule has 0 radical (unpaired) electrons. The van der Waals surface area contributed by atoms with Gasteiger partial charge in [0.2, 0.25) is 0 Å². The highest BCUT2D eigenvalue weighted by atomic mass is 16.6. The van der Waals surface area contributed by atoms with E-state index in [-0.39, 0.29) is 6.61 Å². The second-order valence-electron chi connectivity index (χ2n) is 3.46. The summed E-state index contributed by atoms with van der Waals surface area (Å²) in [4.78, 5) is 11.1. The number of hydrogen-bond donors (Lipinski definition) is 0. The summed E-state index contributed by atoms with van der Waals surface area (Å²) in [6, 6.07) is 8.84. The molecule has 0 heterocycles. The van der Waals surface area contributed by atoms with Crippen molar-refractivity contribution in [1.82, 2.24) is 5.06 Å². The molecule has 0 spiro atoms. The first kappa shape index (κ1) is 11.5. The second-order valence-corrected chi connectivity index (χ2v) is 3.46. The summed E-state index contributed by atoms with van der Waals surface area (Å²) in [6.07, 6.45) is -0.839. The third kappa shape index (κ3) is 3.59. The van der Waals surface area contributed by atoms with Gasteiger partial charge in [-0.05, 0) is 19.4 Å². The first-order valence-electron chi connectivity index (χ1n) is 4.78. The van der Waals surface area contributed by atoms with Crippen LogP contribution in [0.2, 0.25) is 0 Å². The van der Waals surface area contributed by atoms with Crippen LogP contribution < -0.4 is 0 Å². The molecule has 0 saturated carbocycles. The Kier molecular flexibility index (Phi) is 4.12. The molecule has 15 heavy (non-hydrogen) atoms. The van der Waals surface area contributed by atoms with Crippen molar-refractivity contribution >= 4 is 6.09 Å². The third-order valence-corrected chi connectivity index (χ3v) is 1.85. The number of hydroxylamine groups is 2. The Labute approximate surface area is 89.0 Å². The normalized spacial score (nSPS) is 10.1. The van der Waals surface area contributed by atoms with E-state index in [1.807, 2.05) is 30.3 Å². The Morgan fingerprint density at radius 3 is 2.53 bits per heavy atom. The average Bonchev–Trinajstić information content (AvgIpc) is 2.26. The van der Waals surface area contributed by atoms with Gasteiger partial charge in [-0.2, -0.15) is 0 Å². The Hall–Kier alpha value is -1.55. The Balaban J connectivity index is 2.41. The van der Waals surface area contributed by atoms with Gasteiger partial charge >= 0.3 is 6.09 Å². The Morgan fingerprint density at radius 1 is 1.40 bits per heavy atom. The molecule has 1 rings (SSSR count). The van der Waals surface area contributed by atoms with Crippen LogP contribution >= 0.6 is 0 Å². The van der Waals surface area contributed by atoms with Gasteiger partial charge in [0, 0.05) is 6.04 Å². The van der Waals surface area contributed by atoms with Crippen molar-refractivity contribution in [3.63, 3.8) is 0 Å². The number of amides is 1. The van der Waals surface area contributed by atoms with Gasteiger partial charge in [-0.25, -0.2) is 4.79 Å². The van der Waals surface area contributed by atoms with Crippen LogP contribution in [-0.4, -0.2) is 17.2 Å². The minimum Gasteiger partial charge on any atom is -0.754 e. The van der Waals surface area contributed by atoms with Crippen LogP contribution in [0.4, 0.5) is 4.79 Å². The van der Waals surface area contributed by atoms with E-state index in [1.54, 1.807) is 13.8 Å². The summed E-state index contributed by atoms with van der Waals surface area (Å²) in [5.41, 5.74) is 0.864. The highest BCUT2D eigenvalue weighted by Gasteiger charge is 2.07. The van der Waals surface area contributed by atoms with Gasteiger partial charge in [-0.15, -0.1) is 0 Å². The summed E-state index contributed by atoms with van der Waals surface area (Å²) < 4.78 is 4.83. The zero-order valence-electron chi connectivity index (χ0n) is 8.84. The highest BCUT2D eigenvalue weighted by molar-refractivity contribution is 5.68. The lowest BCUT2D eigenvalue weighted by Crippen LogP contribution is -2.31. The number of carbonyl (C=O) groups is 1. The molecule has 1 aromatic rings. The Morgan fingerprint density at radius 2 is 2.00 bits per heavy atom. The Bertz CT molecular complexity index is 311. The van der Waals surface area contributed by atoms with Gasteiger partial charge in [-0.3, -0.25) is 0 Å². The molecule has 4 nitrogen and oxygen atoms in total. The molecule has 1 aromatic carbocycles. The lowest BCUT2D eigenvalue weighted by molar-refractivity contribution is 0.103. The van der Waals surface area contributed by atoms with E-state index in [1.165, 1.54) is 0 Å². The van der Waals surface area contributed by atoms with Crippen molar-refractivity contribution in [3.05, 3.63) is 41.1 Å². The maximum absolute atomic E-state index is 11.1. The SMILES string of the molecule is CC(C)N([O-])C(=O)OCc1ccccc1. The van der Waals surface area contributed by atoms with Crippen LogP contribution in [0.15, 0.2) is 30.3 Å². The van der Waals surface area contributed by atoms with Crippen LogP contribution in [0.3, 0.4) is 0 Å². The van der Waals surface area contributed by atoms with Crippen molar-refractivity contribution in [2.24, 2.45) is 0 Å². The fourth-order valence-corrected chi connectivity index (χ4v) is 0.994. The van der Waals surface area contributed by atoms with E-state index in [4.69, 9.17) is 4.74 Å². The number of hydrogen-bond acceptors (Lipinski definition) is 3. The van der Waals surface area contributed by atoms with Crippen molar-refractivity contribution < 1.29 is 9.53 Å². The van der Waals surface area contributed by atoms with Crippen LogP contribution in [0, 0.1) is 5.21 Å². The molecule has 4 heteroatoms. The summed E-state index contributed by atoms with van der Waals surface area (Å²) in [6.45, 7) is 3.40. The monoisotopic (exact) mass is 208 g/mol. The molecule has 0 saturated heterocycles. The molecule has 1 amide bonds. The average molecular weight is 208 g/mol. The largest absolute Gasteiger partial charge is 0.754 e. The van der Waals surface area contributed by atoms with Crippen LogP contribution in [-0.2, 0) is 11.3 Å². The molecule has 0 aliphatic rings. The van der Waals surface area contributed by atoms with Gasteiger partial charge in [0.1, 0.15) is 6.61 Å². The zero-order chi connectivity index (χ0) is 11.3. The minimum atomic E-state index is -0.839. The van der Waals surface area contributed by atoms with E-state index in [0.29, 0.717) is 5.06 Å². The summed E-state index contributed by atoms with van der Waals surface area (Å²) >= 11 is 0. The highest BCUT2D eigenvalue weighted by Crippen LogP contribution is 2.04. The molecule has 0 aliphatic heterocycles. The molecular formula is C11H14NO3-. The third-order valence-electron chi connectivity index (χ3n) is 1.85. The summed E-state index contributed by atoms with van der Waals surface area (Å²) in [5, 5.41) is 11.4. The van der Waals surface area contributed by atoms with Gasteiger partial charge in [-0.1, -0.05) is 30.3 Å². The van der Waals surface area contributed by atoms with Crippen LogP contribution in [0.5, 0.6) is 0 Å². The topological polar surface area (TPSA) is 52.6 Å². The standard InChI is InChI=1S/C11H14NO3/c1-9(2)12(14)11(13)15-8-10-6-4-3-5-7-10/h3-7,9H,8H2,1-2H3/q-1. The van der Waals surface area contributed by atoms with Crippen molar-refractivity contribution in [2.45, 2.75) is 26.5 Å². The molecular weight excluding hydrogens is 194 g/mol. The maximum atomic E-state index is 11.1. The summed E-state index contributed by atoms with van der Waals surface area (Å²) in [7, 11) is 0. The number of carbonyl (C=O) groups excluding carboxylic acids is 1. The first-order valence-corrected chi connectivity index (χ1v) is 4.78. The molecule has 0 bridgehead atoms. The van der Waals surface area contributed by atoms with Gasteiger partial charge < -0.3 is 15.0 Å². The fraction of sp³-hybridized carbons (Fsp3) is 0.364. The molecule has 0 unspecified atom stereocenters. The van der Waals surface area contributed by atoms with E-state index >= 15 is 0 Å². The molecule has 0 aliphatic carbocycles. The molecule has 82 valence electrons.